The van der Waals surface area contributed by atoms with Crippen molar-refractivity contribution in [1.82, 2.24) is 10.6 Å². The van der Waals surface area contributed by atoms with Gasteiger partial charge in [0.15, 0.2) is 0 Å². The maximum Gasteiger partial charge on any atom is 0.407 e. The van der Waals surface area contributed by atoms with E-state index >= 15 is 0 Å². The zero-order chi connectivity index (χ0) is 20.3. The fourth-order valence-corrected chi connectivity index (χ4v) is 2.50. The number of nitrogens with one attached hydrogen (secondary N) is 2. The van der Waals surface area contributed by atoms with Gasteiger partial charge in [0.05, 0.1) is 7.11 Å². The van der Waals surface area contributed by atoms with E-state index in [1.807, 2.05) is 6.92 Å². The first kappa shape index (κ1) is 24.2. The van der Waals surface area contributed by atoms with Gasteiger partial charge in [0.25, 0.3) is 0 Å². The fourth-order valence-electron chi connectivity index (χ4n) is 2.50. The van der Waals surface area contributed by atoms with Crippen LogP contribution in [0.25, 0.3) is 0 Å². The Bertz CT molecular complexity index is 457. The van der Waals surface area contributed by atoms with Crippen LogP contribution in [0.2, 0.25) is 0 Å². The highest BCUT2D eigenvalue weighted by Gasteiger charge is 2.24. The molecule has 2 amide bonds. The first-order valence-electron chi connectivity index (χ1n) is 9.31. The number of rotatable bonds is 10. The largest absolute Gasteiger partial charge is 0.467 e. The van der Waals surface area contributed by atoms with Crippen LogP contribution in [-0.4, -0.2) is 43.3 Å². The van der Waals surface area contributed by atoms with Gasteiger partial charge in [-0.15, -0.1) is 0 Å². The van der Waals surface area contributed by atoms with Crippen molar-refractivity contribution >= 4 is 18.0 Å². The molecule has 7 heteroatoms. The molecule has 0 fully saturated rings. The molecule has 0 aliphatic carbocycles. The molecule has 0 rings (SSSR count). The van der Waals surface area contributed by atoms with Crippen LogP contribution >= 0.6 is 0 Å². The van der Waals surface area contributed by atoms with Crippen molar-refractivity contribution in [2.24, 2.45) is 11.8 Å². The molecule has 0 heterocycles. The quantitative estimate of drug-likeness (QED) is 0.454. The van der Waals surface area contributed by atoms with E-state index in [0.717, 1.165) is 6.42 Å². The monoisotopic (exact) mass is 372 g/mol. The van der Waals surface area contributed by atoms with Gasteiger partial charge in [-0.3, -0.25) is 4.79 Å². The fraction of sp³-hybridized carbons (Fsp3) is 0.842. The van der Waals surface area contributed by atoms with Crippen molar-refractivity contribution in [2.45, 2.75) is 78.9 Å². The summed E-state index contributed by atoms with van der Waals surface area (Å²) in [7, 11) is 1.31. The summed E-state index contributed by atoms with van der Waals surface area (Å²) in [6.07, 6.45) is 2.10. The Labute approximate surface area is 157 Å². The summed E-state index contributed by atoms with van der Waals surface area (Å²) < 4.78 is 9.93. The molecule has 0 bridgehead atoms. The van der Waals surface area contributed by atoms with Gasteiger partial charge in [-0.25, -0.2) is 9.59 Å². The van der Waals surface area contributed by atoms with E-state index in [9.17, 15) is 14.4 Å². The Hall–Kier alpha value is -1.79. The van der Waals surface area contributed by atoms with Gasteiger partial charge in [-0.1, -0.05) is 20.8 Å². The molecule has 0 aromatic rings. The van der Waals surface area contributed by atoms with Gasteiger partial charge in [0.1, 0.15) is 11.6 Å². The summed E-state index contributed by atoms with van der Waals surface area (Å²) in [5.41, 5.74) is -0.531. The van der Waals surface area contributed by atoms with Crippen LogP contribution in [-0.2, 0) is 19.1 Å². The van der Waals surface area contributed by atoms with Gasteiger partial charge in [0.2, 0.25) is 5.91 Å². The Morgan fingerprint density at radius 3 is 2.15 bits per heavy atom. The molecule has 0 aliphatic rings. The van der Waals surface area contributed by atoms with Crippen LogP contribution in [0.3, 0.4) is 0 Å². The predicted molar refractivity (Wildman–Crippen MR) is 101 cm³/mol. The number of carbonyl (C=O) groups is 3. The standard InChI is InChI=1S/C19H36N2O5/c1-13(2)12-14(3)16(22)21-15(17(23)25-7)10-8-9-11-20-18(24)26-19(4,5)6/h13-15H,8-12H2,1-7H3,(H,20,24)(H,21,22)/t14-,15-/m1/s1. The van der Waals surface area contributed by atoms with Gasteiger partial charge >= 0.3 is 12.1 Å². The summed E-state index contributed by atoms with van der Waals surface area (Å²) in [5, 5.41) is 5.45. The summed E-state index contributed by atoms with van der Waals surface area (Å²) in [6, 6.07) is -0.663. The number of esters is 1. The van der Waals surface area contributed by atoms with E-state index in [1.165, 1.54) is 7.11 Å². The molecule has 0 unspecified atom stereocenters. The second-order valence-electron chi connectivity index (χ2n) is 8.04. The third-order valence-electron chi connectivity index (χ3n) is 3.66. The summed E-state index contributed by atoms with van der Waals surface area (Å²) in [6.45, 7) is 11.8. The van der Waals surface area contributed by atoms with E-state index in [1.54, 1.807) is 20.8 Å². The van der Waals surface area contributed by atoms with E-state index in [2.05, 4.69) is 24.5 Å². The lowest BCUT2D eigenvalue weighted by Crippen LogP contribution is -2.44. The molecule has 0 radical (unpaired) electrons. The van der Waals surface area contributed by atoms with Gasteiger partial charge in [-0.05, 0) is 52.4 Å². The molecule has 26 heavy (non-hydrogen) atoms. The lowest BCUT2D eigenvalue weighted by atomic mass is 9.97. The number of ether oxygens (including phenoxy) is 2. The summed E-state index contributed by atoms with van der Waals surface area (Å²) in [4.78, 5) is 35.7. The van der Waals surface area contributed by atoms with Crippen LogP contribution in [0.15, 0.2) is 0 Å². The molecule has 7 nitrogen and oxygen atoms in total. The predicted octanol–water partition coefficient (Wildman–Crippen LogP) is 3.02. The second kappa shape index (κ2) is 11.8. The maximum absolute atomic E-state index is 12.2. The van der Waals surface area contributed by atoms with Crippen LogP contribution in [0, 0.1) is 11.8 Å². The number of alkyl carbamates (subject to hydrolysis) is 1. The number of hydrogen-bond acceptors (Lipinski definition) is 5. The Morgan fingerprint density at radius 2 is 1.65 bits per heavy atom. The maximum atomic E-state index is 12.2. The zero-order valence-corrected chi connectivity index (χ0v) is 17.3. The van der Waals surface area contributed by atoms with Crippen LogP contribution in [0.5, 0.6) is 0 Å². The Morgan fingerprint density at radius 1 is 1.04 bits per heavy atom. The molecule has 0 aliphatic heterocycles. The zero-order valence-electron chi connectivity index (χ0n) is 17.3. The number of methoxy groups -OCH3 is 1. The molecule has 0 aromatic heterocycles. The number of carbonyl (C=O) groups excluding carboxylic acids is 3. The Kier molecular flexibility index (Phi) is 10.9. The number of unbranched alkanes of at least 4 members (excludes halogenated alkanes) is 1. The third kappa shape index (κ3) is 11.7. The molecule has 2 N–H and O–H groups in total. The first-order valence-corrected chi connectivity index (χ1v) is 9.31. The van der Waals surface area contributed by atoms with Crippen LogP contribution in [0.4, 0.5) is 4.79 Å². The van der Waals surface area contributed by atoms with Crippen molar-refractivity contribution in [1.29, 1.82) is 0 Å². The van der Waals surface area contributed by atoms with Crippen molar-refractivity contribution in [3.05, 3.63) is 0 Å². The van der Waals surface area contributed by atoms with Gasteiger partial charge < -0.3 is 20.1 Å². The Balaban J connectivity index is 4.29. The van der Waals surface area contributed by atoms with Crippen molar-refractivity contribution in [3.8, 4) is 0 Å². The van der Waals surface area contributed by atoms with Crippen LogP contribution < -0.4 is 10.6 Å². The minimum absolute atomic E-state index is 0.138. The smallest absolute Gasteiger partial charge is 0.407 e. The lowest BCUT2D eigenvalue weighted by Gasteiger charge is -2.21. The average Bonchev–Trinajstić information content (AvgIpc) is 2.49. The summed E-state index contributed by atoms with van der Waals surface area (Å²) in [5.74, 6) is -0.335. The third-order valence-corrected chi connectivity index (χ3v) is 3.66. The average molecular weight is 373 g/mol. The van der Waals surface area contributed by atoms with E-state index in [0.29, 0.717) is 31.7 Å². The molecule has 0 saturated carbocycles. The molecule has 0 aromatic carbocycles. The van der Waals surface area contributed by atoms with Crippen molar-refractivity contribution in [2.75, 3.05) is 13.7 Å². The van der Waals surface area contributed by atoms with Crippen molar-refractivity contribution < 1.29 is 23.9 Å². The molecule has 2 atom stereocenters. The normalized spacial score (nSPS) is 13.7. The molecule has 152 valence electrons. The molecular formula is C19H36N2O5. The first-order chi connectivity index (χ1) is 12.0. The lowest BCUT2D eigenvalue weighted by molar-refractivity contribution is -0.145. The van der Waals surface area contributed by atoms with Crippen molar-refractivity contribution in [3.63, 3.8) is 0 Å². The second-order valence-corrected chi connectivity index (χ2v) is 8.04. The van der Waals surface area contributed by atoms with E-state index in [4.69, 9.17) is 9.47 Å². The van der Waals surface area contributed by atoms with Gasteiger partial charge in [0, 0.05) is 12.5 Å². The van der Waals surface area contributed by atoms with Gasteiger partial charge in [-0.2, -0.15) is 0 Å². The van der Waals surface area contributed by atoms with E-state index in [-0.39, 0.29) is 11.8 Å². The highest BCUT2D eigenvalue weighted by atomic mass is 16.6. The van der Waals surface area contributed by atoms with E-state index < -0.39 is 23.7 Å². The minimum atomic E-state index is -0.663. The summed E-state index contributed by atoms with van der Waals surface area (Å²) >= 11 is 0. The molecule has 0 spiro atoms. The number of hydrogen-bond donors (Lipinski definition) is 2. The minimum Gasteiger partial charge on any atom is -0.467 e. The van der Waals surface area contributed by atoms with Crippen LogP contribution in [0.1, 0.15) is 67.2 Å². The molecule has 0 saturated heterocycles. The highest BCUT2D eigenvalue weighted by Crippen LogP contribution is 2.12. The highest BCUT2D eigenvalue weighted by molar-refractivity contribution is 5.85. The number of amides is 2. The SMILES string of the molecule is COC(=O)[C@@H](CCCCNC(=O)OC(C)(C)C)NC(=O)[C@H](C)CC(C)C. The molecular weight excluding hydrogens is 336 g/mol. The topological polar surface area (TPSA) is 93.7 Å².